The Bertz CT molecular complexity index is 1070. The van der Waals surface area contributed by atoms with Gasteiger partial charge in [-0.2, -0.15) is 0 Å². The highest BCUT2D eigenvalue weighted by atomic mass is 16.5. The second-order valence-corrected chi connectivity index (χ2v) is 7.35. The van der Waals surface area contributed by atoms with E-state index in [0.29, 0.717) is 13.2 Å². The lowest BCUT2D eigenvalue weighted by Crippen LogP contribution is -2.01. The molecule has 154 valence electrons. The predicted molar refractivity (Wildman–Crippen MR) is 121 cm³/mol. The summed E-state index contributed by atoms with van der Waals surface area (Å²) in [6.45, 7) is 0.735. The Morgan fingerprint density at radius 1 is 0.967 bits per heavy atom. The van der Waals surface area contributed by atoms with Crippen molar-refractivity contribution in [3.63, 3.8) is 0 Å². The van der Waals surface area contributed by atoms with Crippen LogP contribution in [0.15, 0.2) is 73.1 Å². The third kappa shape index (κ3) is 5.26. The van der Waals surface area contributed by atoms with E-state index in [-0.39, 0.29) is 6.61 Å². The zero-order chi connectivity index (χ0) is 20.6. The van der Waals surface area contributed by atoms with Crippen LogP contribution in [0.2, 0.25) is 0 Å². The van der Waals surface area contributed by atoms with Gasteiger partial charge >= 0.3 is 0 Å². The van der Waals surface area contributed by atoms with E-state index in [9.17, 15) is 0 Å². The maximum absolute atomic E-state index is 8.80. The lowest BCUT2D eigenvalue weighted by atomic mass is 10.0. The molecule has 5 heteroatoms. The number of hydrogen-bond donors (Lipinski definition) is 3. The number of hydrogen-bond acceptors (Lipinski definition) is 4. The summed E-state index contributed by atoms with van der Waals surface area (Å²) in [4.78, 5) is 7.65. The van der Waals surface area contributed by atoms with Crippen molar-refractivity contribution >= 4 is 22.3 Å². The molecular formula is C25H27N3O2. The molecule has 0 atom stereocenters. The number of para-hydroxylation sites is 1. The van der Waals surface area contributed by atoms with Crippen LogP contribution in [0.5, 0.6) is 0 Å². The molecule has 5 nitrogen and oxygen atoms in total. The second-order valence-electron chi connectivity index (χ2n) is 7.35. The van der Waals surface area contributed by atoms with Gasteiger partial charge < -0.3 is 20.1 Å². The van der Waals surface area contributed by atoms with Crippen LogP contribution < -0.4 is 5.32 Å². The highest BCUT2D eigenvalue weighted by Crippen LogP contribution is 2.21. The smallest absolute Gasteiger partial charge is 0.0889 e. The van der Waals surface area contributed by atoms with E-state index in [0.717, 1.165) is 36.3 Å². The number of ether oxygens (including phenoxy) is 1. The minimum Gasteiger partial charge on any atom is -0.394 e. The predicted octanol–water partition coefficient (Wildman–Crippen LogP) is 4.99. The minimum atomic E-state index is 0.0199. The number of anilines is 2. The molecular weight excluding hydrogens is 374 g/mol. The summed E-state index contributed by atoms with van der Waals surface area (Å²) in [5, 5.41) is 13.5. The van der Waals surface area contributed by atoms with Crippen LogP contribution in [-0.2, 0) is 24.2 Å². The first kappa shape index (κ1) is 20.1. The first-order valence-electron chi connectivity index (χ1n) is 10.4. The van der Waals surface area contributed by atoms with Gasteiger partial charge in [-0.1, -0.05) is 30.3 Å². The van der Waals surface area contributed by atoms with E-state index in [2.05, 4.69) is 70.0 Å². The number of aliphatic hydroxyl groups is 1. The highest BCUT2D eigenvalue weighted by molar-refractivity contribution is 5.83. The van der Waals surface area contributed by atoms with Crippen LogP contribution >= 0.6 is 0 Å². The number of aryl methyl sites for hydroxylation is 2. The van der Waals surface area contributed by atoms with Crippen molar-refractivity contribution < 1.29 is 9.84 Å². The zero-order valence-corrected chi connectivity index (χ0v) is 17.0. The average Bonchev–Trinajstić information content (AvgIpc) is 3.19. The van der Waals surface area contributed by atoms with Crippen molar-refractivity contribution in [2.24, 2.45) is 0 Å². The summed E-state index contributed by atoms with van der Waals surface area (Å²) in [5.41, 5.74) is 6.79. The standard InChI is InChI=1S/C25H27N3O2/c29-14-15-30-18-23-16-22(12-13-26-23)28-21-10-8-19(9-11-21)4-3-5-20-17-27-25-7-2-1-6-24(20)25/h1-2,6-13,16-17,27,29H,3-5,14-15,18H2,(H,26,28). The van der Waals surface area contributed by atoms with E-state index in [1.807, 2.05) is 12.1 Å². The van der Waals surface area contributed by atoms with Gasteiger partial charge in [-0.25, -0.2) is 0 Å². The number of aromatic amines is 1. The zero-order valence-electron chi connectivity index (χ0n) is 17.0. The van der Waals surface area contributed by atoms with E-state index in [1.54, 1.807) is 6.20 Å². The molecule has 0 radical (unpaired) electrons. The first-order valence-corrected chi connectivity index (χ1v) is 10.4. The van der Waals surface area contributed by atoms with Crippen molar-refractivity contribution in [3.8, 4) is 0 Å². The summed E-state index contributed by atoms with van der Waals surface area (Å²) in [6.07, 6.45) is 7.15. The highest BCUT2D eigenvalue weighted by Gasteiger charge is 2.04. The molecule has 0 saturated carbocycles. The molecule has 0 aliphatic carbocycles. The van der Waals surface area contributed by atoms with E-state index >= 15 is 0 Å². The van der Waals surface area contributed by atoms with Crippen molar-refractivity contribution in [1.29, 1.82) is 0 Å². The molecule has 0 saturated heterocycles. The van der Waals surface area contributed by atoms with Gasteiger partial charge in [0.25, 0.3) is 0 Å². The summed E-state index contributed by atoms with van der Waals surface area (Å²) >= 11 is 0. The quantitative estimate of drug-likeness (QED) is 0.327. The molecule has 4 rings (SSSR count). The van der Waals surface area contributed by atoms with Gasteiger partial charge in [0.1, 0.15) is 0 Å². The molecule has 0 unspecified atom stereocenters. The number of H-pyrrole nitrogens is 1. The van der Waals surface area contributed by atoms with Crippen LogP contribution in [-0.4, -0.2) is 28.3 Å². The van der Waals surface area contributed by atoms with E-state index < -0.39 is 0 Å². The molecule has 2 aromatic heterocycles. The lowest BCUT2D eigenvalue weighted by Gasteiger charge is -2.09. The molecule has 3 N–H and O–H groups in total. The largest absolute Gasteiger partial charge is 0.394 e. The van der Waals surface area contributed by atoms with Crippen LogP contribution in [0.3, 0.4) is 0 Å². The fraction of sp³-hybridized carbons (Fsp3) is 0.240. The maximum Gasteiger partial charge on any atom is 0.0889 e. The molecule has 0 fully saturated rings. The van der Waals surface area contributed by atoms with E-state index in [1.165, 1.54) is 22.0 Å². The van der Waals surface area contributed by atoms with Gasteiger partial charge in [-0.05, 0) is 60.7 Å². The number of rotatable bonds is 10. The van der Waals surface area contributed by atoms with Crippen molar-refractivity contribution in [1.82, 2.24) is 9.97 Å². The monoisotopic (exact) mass is 401 g/mol. The second kappa shape index (κ2) is 10.1. The number of nitrogens with zero attached hydrogens (tertiary/aromatic N) is 1. The maximum atomic E-state index is 8.80. The molecule has 0 aliphatic rings. The summed E-state index contributed by atoms with van der Waals surface area (Å²) in [6, 6.07) is 21.0. The number of benzene rings is 2. The van der Waals surface area contributed by atoms with Crippen LogP contribution in [0.25, 0.3) is 10.9 Å². The number of aliphatic hydroxyl groups excluding tert-OH is 1. The summed E-state index contributed by atoms with van der Waals surface area (Å²) < 4.78 is 5.34. The fourth-order valence-electron chi connectivity index (χ4n) is 3.62. The van der Waals surface area contributed by atoms with Gasteiger partial charge in [0, 0.05) is 34.7 Å². The summed E-state index contributed by atoms with van der Waals surface area (Å²) in [5.74, 6) is 0. The van der Waals surface area contributed by atoms with Gasteiger partial charge in [0.05, 0.1) is 25.5 Å². The van der Waals surface area contributed by atoms with Crippen LogP contribution in [0.4, 0.5) is 11.4 Å². The number of aromatic nitrogens is 2. The number of pyridine rings is 1. The lowest BCUT2D eigenvalue weighted by molar-refractivity contribution is 0.0797. The molecule has 2 aromatic carbocycles. The third-order valence-corrected chi connectivity index (χ3v) is 5.13. The van der Waals surface area contributed by atoms with Crippen molar-refractivity contribution in [3.05, 3.63) is 89.9 Å². The molecule has 0 spiro atoms. The van der Waals surface area contributed by atoms with Crippen molar-refractivity contribution in [2.45, 2.75) is 25.9 Å². The van der Waals surface area contributed by atoms with Crippen LogP contribution in [0.1, 0.15) is 23.2 Å². The Labute approximate surface area is 176 Å². The Balaban J connectivity index is 1.29. The molecule has 0 bridgehead atoms. The molecule has 4 aromatic rings. The minimum absolute atomic E-state index is 0.0199. The average molecular weight is 402 g/mol. The molecule has 0 aliphatic heterocycles. The van der Waals surface area contributed by atoms with Crippen molar-refractivity contribution in [2.75, 3.05) is 18.5 Å². The van der Waals surface area contributed by atoms with Gasteiger partial charge in [-0.3, -0.25) is 4.98 Å². The normalized spacial score (nSPS) is 11.1. The topological polar surface area (TPSA) is 70.2 Å². The molecule has 30 heavy (non-hydrogen) atoms. The molecule has 2 heterocycles. The SMILES string of the molecule is OCCOCc1cc(Nc2ccc(CCCc3c[nH]c4ccccc34)cc2)ccn1. The third-order valence-electron chi connectivity index (χ3n) is 5.13. The van der Waals surface area contributed by atoms with Gasteiger partial charge in [0.2, 0.25) is 0 Å². The Morgan fingerprint density at radius 3 is 2.70 bits per heavy atom. The Kier molecular flexibility index (Phi) is 6.75. The first-order chi connectivity index (χ1) is 14.8. The van der Waals surface area contributed by atoms with Gasteiger partial charge in [-0.15, -0.1) is 0 Å². The molecule has 0 amide bonds. The Hall–Kier alpha value is -3.15. The number of fused-ring (bicyclic) bond motifs is 1. The van der Waals surface area contributed by atoms with E-state index in [4.69, 9.17) is 9.84 Å². The fourth-order valence-corrected chi connectivity index (χ4v) is 3.62. The van der Waals surface area contributed by atoms with Crippen LogP contribution in [0, 0.1) is 0 Å². The van der Waals surface area contributed by atoms with Gasteiger partial charge in [0.15, 0.2) is 0 Å². The number of nitrogens with one attached hydrogen (secondary N) is 2. The summed E-state index contributed by atoms with van der Waals surface area (Å²) in [7, 11) is 0. The Morgan fingerprint density at radius 2 is 1.83 bits per heavy atom.